The molecule has 2 rings (SSSR count). The minimum Gasteiger partial charge on any atom is -0.480 e. The molecule has 6 heteroatoms. The maximum Gasteiger partial charge on any atom is 0.329 e. The molecular formula is C13H25N3O3. The quantitative estimate of drug-likeness (QED) is 0.697. The fourth-order valence-corrected chi connectivity index (χ4v) is 2.74. The minimum atomic E-state index is -0.892. The van der Waals surface area contributed by atoms with Gasteiger partial charge >= 0.3 is 5.97 Å². The summed E-state index contributed by atoms with van der Waals surface area (Å²) in [6, 6.07) is 0. The van der Waals surface area contributed by atoms with Gasteiger partial charge in [-0.25, -0.2) is 4.79 Å². The third kappa shape index (κ3) is 4.42. The summed E-state index contributed by atoms with van der Waals surface area (Å²) in [7, 11) is 2.16. The van der Waals surface area contributed by atoms with Crippen molar-refractivity contribution in [2.45, 2.75) is 12.5 Å². The maximum atomic E-state index is 10.5. The molecule has 2 aliphatic heterocycles. The molecule has 2 fully saturated rings. The third-order valence-corrected chi connectivity index (χ3v) is 3.99. The molecule has 2 aliphatic rings. The molecule has 0 amide bonds. The van der Waals surface area contributed by atoms with E-state index in [1.54, 1.807) is 0 Å². The van der Waals surface area contributed by atoms with Crippen LogP contribution in [0, 0.1) is 0 Å². The van der Waals surface area contributed by atoms with Crippen LogP contribution in [0.5, 0.6) is 0 Å². The number of hydrogen-bond acceptors (Lipinski definition) is 5. The second kappa shape index (κ2) is 6.17. The van der Waals surface area contributed by atoms with Crippen molar-refractivity contribution in [2.24, 2.45) is 0 Å². The Bertz CT molecular complexity index is 310. The van der Waals surface area contributed by atoms with Gasteiger partial charge in [-0.2, -0.15) is 0 Å². The first-order chi connectivity index (χ1) is 8.97. The second-order valence-electron chi connectivity index (χ2n) is 5.99. The number of likely N-dealkylation sites (tertiary alicyclic amines) is 1. The van der Waals surface area contributed by atoms with E-state index in [2.05, 4.69) is 21.7 Å². The summed E-state index contributed by atoms with van der Waals surface area (Å²) in [4.78, 5) is 17.7. The van der Waals surface area contributed by atoms with Crippen LogP contribution in [0.3, 0.4) is 0 Å². The number of rotatable bonds is 6. The molecule has 0 unspecified atom stereocenters. The van der Waals surface area contributed by atoms with Crippen molar-refractivity contribution in [3.8, 4) is 0 Å². The fraction of sp³-hybridized carbons (Fsp3) is 0.923. The summed E-state index contributed by atoms with van der Waals surface area (Å²) in [5.74, 6) is -0.892. The molecule has 0 saturated carbocycles. The lowest BCUT2D eigenvalue weighted by Crippen LogP contribution is -2.63. The Hall–Kier alpha value is -0.690. The predicted octanol–water partition coefficient (Wildman–Crippen LogP) is -0.591. The molecular weight excluding hydrogens is 246 g/mol. The van der Waals surface area contributed by atoms with Gasteiger partial charge in [-0.15, -0.1) is 0 Å². The Balaban J connectivity index is 1.58. The van der Waals surface area contributed by atoms with E-state index in [1.165, 1.54) is 0 Å². The highest BCUT2D eigenvalue weighted by atomic mass is 16.5. The van der Waals surface area contributed by atoms with Crippen molar-refractivity contribution in [2.75, 3.05) is 66.0 Å². The molecule has 2 saturated heterocycles. The zero-order valence-electron chi connectivity index (χ0n) is 12.0. The lowest BCUT2D eigenvalue weighted by atomic mass is 9.96. The lowest BCUT2D eigenvalue weighted by Gasteiger charge is -2.48. The van der Waals surface area contributed by atoms with Gasteiger partial charge in [0, 0.05) is 52.4 Å². The van der Waals surface area contributed by atoms with Crippen LogP contribution in [0.15, 0.2) is 0 Å². The van der Waals surface area contributed by atoms with E-state index in [-0.39, 0.29) is 12.2 Å². The van der Waals surface area contributed by atoms with Gasteiger partial charge in [-0.05, 0) is 14.0 Å². The molecule has 6 nitrogen and oxygen atoms in total. The first-order valence-corrected chi connectivity index (χ1v) is 6.96. The lowest BCUT2D eigenvalue weighted by molar-refractivity contribution is -0.165. The Labute approximate surface area is 114 Å². The summed E-state index contributed by atoms with van der Waals surface area (Å²) < 4.78 is 5.40. The summed E-state index contributed by atoms with van der Waals surface area (Å²) in [5.41, 5.74) is -0.263. The number of carbonyl (C=O) groups is 1. The van der Waals surface area contributed by atoms with E-state index < -0.39 is 5.97 Å². The number of ether oxygens (including phenoxy) is 1. The molecule has 0 aromatic rings. The Morgan fingerprint density at radius 1 is 1.16 bits per heavy atom. The highest BCUT2D eigenvalue weighted by molar-refractivity contribution is 5.68. The Morgan fingerprint density at radius 2 is 1.74 bits per heavy atom. The number of hydrogen-bond donors (Lipinski definition) is 1. The highest BCUT2D eigenvalue weighted by Crippen LogP contribution is 2.24. The van der Waals surface area contributed by atoms with Crippen molar-refractivity contribution in [1.29, 1.82) is 0 Å². The van der Waals surface area contributed by atoms with E-state index in [0.717, 1.165) is 52.4 Å². The van der Waals surface area contributed by atoms with Crippen LogP contribution in [0.25, 0.3) is 0 Å². The molecule has 0 aliphatic carbocycles. The molecule has 0 atom stereocenters. The first-order valence-electron chi connectivity index (χ1n) is 6.96. The average molecular weight is 271 g/mol. The van der Waals surface area contributed by atoms with Gasteiger partial charge in [-0.1, -0.05) is 0 Å². The molecule has 19 heavy (non-hydrogen) atoms. The summed E-state index contributed by atoms with van der Waals surface area (Å²) in [6.07, 6.45) is 0. The molecule has 0 aromatic carbocycles. The van der Waals surface area contributed by atoms with Gasteiger partial charge in [0.15, 0.2) is 0 Å². The molecule has 0 radical (unpaired) electrons. The number of carboxylic acids is 1. The maximum absolute atomic E-state index is 10.5. The number of piperazine rings is 1. The number of aliphatic carboxylic acids is 1. The smallest absolute Gasteiger partial charge is 0.329 e. The summed E-state index contributed by atoms with van der Waals surface area (Å²) in [6.45, 7) is 10.2. The molecule has 1 N–H and O–H groups in total. The fourth-order valence-electron chi connectivity index (χ4n) is 2.74. The van der Waals surface area contributed by atoms with Crippen molar-refractivity contribution in [1.82, 2.24) is 14.7 Å². The van der Waals surface area contributed by atoms with E-state index in [4.69, 9.17) is 9.84 Å². The monoisotopic (exact) mass is 271 g/mol. The number of likely N-dealkylation sites (N-methyl/N-ethyl adjacent to an activating group) is 1. The van der Waals surface area contributed by atoms with Crippen LogP contribution in [0.4, 0.5) is 0 Å². The average Bonchev–Trinajstić information content (AvgIpc) is 2.33. The summed E-state index contributed by atoms with van der Waals surface area (Å²) in [5, 5.41) is 8.61. The van der Waals surface area contributed by atoms with E-state index >= 15 is 0 Å². The molecule has 2 heterocycles. The number of carboxylic acid groups (broad SMARTS) is 1. The molecule has 110 valence electrons. The largest absolute Gasteiger partial charge is 0.480 e. The van der Waals surface area contributed by atoms with Crippen molar-refractivity contribution >= 4 is 5.97 Å². The zero-order valence-corrected chi connectivity index (χ0v) is 12.0. The minimum absolute atomic E-state index is 0.192. The summed E-state index contributed by atoms with van der Waals surface area (Å²) >= 11 is 0. The van der Waals surface area contributed by atoms with Crippen LogP contribution < -0.4 is 0 Å². The molecule has 0 spiro atoms. The van der Waals surface area contributed by atoms with E-state index in [1.807, 2.05) is 6.92 Å². The molecule has 0 bridgehead atoms. The van der Waals surface area contributed by atoms with Gasteiger partial charge in [0.1, 0.15) is 6.61 Å². The highest BCUT2D eigenvalue weighted by Gasteiger charge is 2.39. The zero-order chi connectivity index (χ0) is 13.9. The van der Waals surface area contributed by atoms with Crippen molar-refractivity contribution in [3.63, 3.8) is 0 Å². The van der Waals surface area contributed by atoms with Crippen molar-refractivity contribution < 1.29 is 14.6 Å². The van der Waals surface area contributed by atoms with Crippen molar-refractivity contribution in [3.05, 3.63) is 0 Å². The van der Waals surface area contributed by atoms with E-state index in [9.17, 15) is 4.79 Å². The first kappa shape index (κ1) is 14.7. The third-order valence-electron chi connectivity index (χ3n) is 3.99. The van der Waals surface area contributed by atoms with Crippen LogP contribution in [0.2, 0.25) is 0 Å². The predicted molar refractivity (Wildman–Crippen MR) is 72.4 cm³/mol. The SMILES string of the molecule is CN1CCN(CCN2CC(C)(OCC(=O)O)C2)CC1. The van der Waals surface area contributed by atoms with Crippen LogP contribution in [-0.4, -0.2) is 97.4 Å². The normalized spacial score (nSPS) is 25.2. The number of nitrogens with zero attached hydrogens (tertiary/aromatic N) is 3. The van der Waals surface area contributed by atoms with Gasteiger partial charge in [-0.3, -0.25) is 9.80 Å². The van der Waals surface area contributed by atoms with Gasteiger partial charge < -0.3 is 14.7 Å². The van der Waals surface area contributed by atoms with Gasteiger partial charge in [0.25, 0.3) is 0 Å². The molecule has 0 aromatic heterocycles. The van der Waals surface area contributed by atoms with Gasteiger partial charge in [0.05, 0.1) is 5.60 Å². The van der Waals surface area contributed by atoms with Crippen LogP contribution >= 0.6 is 0 Å². The standard InChI is InChI=1S/C13H25N3O3/c1-13(19-9-12(17)18)10-16(11-13)8-7-15-5-3-14(2)4-6-15/h3-11H2,1-2H3,(H,17,18). The van der Waals surface area contributed by atoms with Crippen LogP contribution in [0.1, 0.15) is 6.92 Å². The second-order valence-corrected chi connectivity index (χ2v) is 5.99. The topological polar surface area (TPSA) is 56.2 Å². The Kier molecular flexibility index (Phi) is 4.78. The van der Waals surface area contributed by atoms with Crippen LogP contribution in [-0.2, 0) is 9.53 Å². The van der Waals surface area contributed by atoms with E-state index in [0.29, 0.717) is 0 Å². The Morgan fingerprint density at radius 3 is 2.32 bits per heavy atom. The van der Waals surface area contributed by atoms with Gasteiger partial charge in [0.2, 0.25) is 0 Å².